The third-order valence-electron chi connectivity index (χ3n) is 4.68. The number of benzene rings is 1. The molecule has 1 saturated carbocycles. The van der Waals surface area contributed by atoms with Crippen LogP contribution in [-0.4, -0.2) is 6.04 Å². The quantitative estimate of drug-likeness (QED) is 0.785. The average Bonchev–Trinajstić information content (AvgIpc) is 2.38. The highest BCUT2D eigenvalue weighted by Gasteiger charge is 2.24. The Hall–Kier alpha value is -0.820. The van der Waals surface area contributed by atoms with Crippen LogP contribution in [0.3, 0.4) is 0 Å². The van der Waals surface area contributed by atoms with Crippen LogP contribution in [0.2, 0.25) is 0 Å². The van der Waals surface area contributed by atoms with Crippen LogP contribution in [0.5, 0.6) is 0 Å². The Morgan fingerprint density at radius 2 is 1.65 bits per heavy atom. The van der Waals surface area contributed by atoms with Gasteiger partial charge in [-0.3, -0.25) is 0 Å². The van der Waals surface area contributed by atoms with Gasteiger partial charge in [-0.1, -0.05) is 51.5 Å². The number of nitrogens with one attached hydrogen (secondary N) is 1. The van der Waals surface area contributed by atoms with Crippen LogP contribution in [-0.2, 0) is 6.42 Å². The molecule has 3 unspecified atom stereocenters. The predicted octanol–water partition coefficient (Wildman–Crippen LogP) is 5.11. The van der Waals surface area contributed by atoms with Crippen molar-refractivity contribution >= 4 is 0 Å². The summed E-state index contributed by atoms with van der Waals surface area (Å²) in [6.07, 6.45) is 6.49. The largest absolute Gasteiger partial charge is 0.307 e. The Balaban J connectivity index is 1.92. The molecule has 1 aromatic carbocycles. The summed E-state index contributed by atoms with van der Waals surface area (Å²) >= 11 is 0. The van der Waals surface area contributed by atoms with E-state index in [1.165, 1.54) is 43.2 Å². The van der Waals surface area contributed by atoms with Gasteiger partial charge in [0.25, 0.3) is 0 Å². The average molecular weight is 273 g/mol. The Labute approximate surface area is 125 Å². The smallest absolute Gasteiger partial charge is 0.0294 e. The van der Waals surface area contributed by atoms with Crippen molar-refractivity contribution in [3.63, 3.8) is 0 Å². The second-order valence-corrected chi connectivity index (χ2v) is 6.99. The Bertz CT molecular complexity index is 385. The normalized spacial score (nSPS) is 28.3. The fourth-order valence-electron chi connectivity index (χ4n) is 3.79. The van der Waals surface area contributed by atoms with E-state index in [1.807, 2.05) is 0 Å². The zero-order valence-electron chi connectivity index (χ0n) is 13.7. The summed E-state index contributed by atoms with van der Waals surface area (Å²) < 4.78 is 0. The summed E-state index contributed by atoms with van der Waals surface area (Å²) in [7, 11) is 0. The molecule has 0 saturated heterocycles. The van der Waals surface area contributed by atoms with Gasteiger partial charge in [0.2, 0.25) is 0 Å². The molecule has 1 nitrogen and oxygen atoms in total. The van der Waals surface area contributed by atoms with E-state index in [4.69, 9.17) is 0 Å². The molecule has 0 heterocycles. The minimum atomic E-state index is 0.466. The molecule has 1 aromatic rings. The van der Waals surface area contributed by atoms with Crippen molar-refractivity contribution in [3.8, 4) is 0 Å². The molecule has 0 spiro atoms. The van der Waals surface area contributed by atoms with E-state index in [0.29, 0.717) is 12.1 Å². The van der Waals surface area contributed by atoms with Gasteiger partial charge in [-0.05, 0) is 55.6 Å². The summed E-state index contributed by atoms with van der Waals surface area (Å²) in [4.78, 5) is 0. The van der Waals surface area contributed by atoms with Crippen LogP contribution < -0.4 is 5.32 Å². The summed E-state index contributed by atoms with van der Waals surface area (Å²) in [5.41, 5.74) is 2.89. The van der Waals surface area contributed by atoms with Crippen molar-refractivity contribution in [2.75, 3.05) is 0 Å². The van der Waals surface area contributed by atoms with Crippen LogP contribution in [0.15, 0.2) is 24.3 Å². The fraction of sp³-hybridized carbons (Fsp3) is 0.684. The first kappa shape index (κ1) is 15.6. The topological polar surface area (TPSA) is 12.0 Å². The summed E-state index contributed by atoms with van der Waals surface area (Å²) in [5.74, 6) is 1.74. The first-order chi connectivity index (χ1) is 9.58. The fourth-order valence-corrected chi connectivity index (χ4v) is 3.79. The summed E-state index contributed by atoms with van der Waals surface area (Å²) in [6, 6.07) is 10.4. The highest BCUT2D eigenvalue weighted by molar-refractivity contribution is 5.24. The van der Waals surface area contributed by atoms with Gasteiger partial charge >= 0.3 is 0 Å². The molecule has 3 atom stereocenters. The molecule has 1 heteroatoms. The van der Waals surface area contributed by atoms with Gasteiger partial charge < -0.3 is 5.32 Å². The zero-order valence-corrected chi connectivity index (χ0v) is 13.7. The molecule has 0 amide bonds. The number of aryl methyl sites for hydroxylation is 1. The standard InChI is InChI=1S/C19H31N/c1-5-6-17-7-9-18(10-8-17)16(4)20-19-12-14(2)11-15(3)13-19/h7-10,14-16,19-20H,5-6,11-13H2,1-4H3. The van der Waals surface area contributed by atoms with Crippen molar-refractivity contribution in [2.24, 2.45) is 11.8 Å². The van der Waals surface area contributed by atoms with Crippen LogP contribution in [0.4, 0.5) is 0 Å². The lowest BCUT2D eigenvalue weighted by Crippen LogP contribution is -2.37. The van der Waals surface area contributed by atoms with Gasteiger partial charge in [-0.15, -0.1) is 0 Å². The van der Waals surface area contributed by atoms with E-state index in [2.05, 4.69) is 57.3 Å². The van der Waals surface area contributed by atoms with E-state index in [9.17, 15) is 0 Å². The van der Waals surface area contributed by atoms with Crippen molar-refractivity contribution in [2.45, 2.75) is 71.9 Å². The molecule has 1 fully saturated rings. The molecule has 0 radical (unpaired) electrons. The first-order valence-corrected chi connectivity index (χ1v) is 8.43. The Kier molecular flexibility index (Phi) is 5.65. The van der Waals surface area contributed by atoms with Crippen LogP contribution in [0.25, 0.3) is 0 Å². The molecule has 2 rings (SSSR count). The number of hydrogen-bond donors (Lipinski definition) is 1. The molecule has 0 bridgehead atoms. The van der Waals surface area contributed by atoms with E-state index in [1.54, 1.807) is 0 Å². The van der Waals surface area contributed by atoms with Gasteiger partial charge in [-0.25, -0.2) is 0 Å². The molecule has 0 aliphatic heterocycles. The van der Waals surface area contributed by atoms with E-state index < -0.39 is 0 Å². The van der Waals surface area contributed by atoms with Crippen molar-refractivity contribution in [3.05, 3.63) is 35.4 Å². The van der Waals surface area contributed by atoms with E-state index >= 15 is 0 Å². The monoisotopic (exact) mass is 273 g/mol. The molecule has 112 valence electrons. The third kappa shape index (κ3) is 4.34. The van der Waals surface area contributed by atoms with Gasteiger partial charge in [-0.2, -0.15) is 0 Å². The maximum absolute atomic E-state index is 3.85. The minimum absolute atomic E-state index is 0.466. The van der Waals surface area contributed by atoms with Gasteiger partial charge in [0.05, 0.1) is 0 Å². The SMILES string of the molecule is CCCc1ccc(C(C)NC2CC(C)CC(C)C2)cc1. The molecule has 1 aliphatic rings. The van der Waals surface area contributed by atoms with Crippen molar-refractivity contribution in [1.82, 2.24) is 5.32 Å². The van der Waals surface area contributed by atoms with E-state index in [0.717, 1.165) is 11.8 Å². The van der Waals surface area contributed by atoms with Gasteiger partial charge in [0.15, 0.2) is 0 Å². The molecular weight excluding hydrogens is 242 g/mol. The second kappa shape index (κ2) is 7.26. The van der Waals surface area contributed by atoms with Gasteiger partial charge in [0, 0.05) is 12.1 Å². The minimum Gasteiger partial charge on any atom is -0.307 e. The maximum Gasteiger partial charge on any atom is 0.0294 e. The number of rotatable bonds is 5. The Morgan fingerprint density at radius 3 is 2.20 bits per heavy atom. The van der Waals surface area contributed by atoms with E-state index in [-0.39, 0.29) is 0 Å². The third-order valence-corrected chi connectivity index (χ3v) is 4.68. The highest BCUT2D eigenvalue weighted by atomic mass is 14.9. The van der Waals surface area contributed by atoms with Crippen LogP contribution in [0, 0.1) is 11.8 Å². The lowest BCUT2D eigenvalue weighted by atomic mass is 9.80. The lowest BCUT2D eigenvalue weighted by molar-refractivity contribution is 0.228. The first-order valence-electron chi connectivity index (χ1n) is 8.43. The molecule has 1 N–H and O–H groups in total. The molecular formula is C19H31N. The van der Waals surface area contributed by atoms with Crippen molar-refractivity contribution < 1.29 is 0 Å². The molecule has 0 aromatic heterocycles. The number of hydrogen-bond acceptors (Lipinski definition) is 1. The van der Waals surface area contributed by atoms with Crippen LogP contribution in [0.1, 0.15) is 70.5 Å². The van der Waals surface area contributed by atoms with Gasteiger partial charge in [0.1, 0.15) is 0 Å². The van der Waals surface area contributed by atoms with Crippen molar-refractivity contribution in [1.29, 1.82) is 0 Å². The highest BCUT2D eigenvalue weighted by Crippen LogP contribution is 2.30. The predicted molar refractivity (Wildman–Crippen MR) is 88.0 cm³/mol. The van der Waals surface area contributed by atoms with Crippen LogP contribution >= 0.6 is 0 Å². The summed E-state index contributed by atoms with van der Waals surface area (Å²) in [5, 5.41) is 3.85. The second-order valence-electron chi connectivity index (χ2n) is 6.99. The lowest BCUT2D eigenvalue weighted by Gasteiger charge is -2.34. The molecule has 20 heavy (non-hydrogen) atoms. The summed E-state index contributed by atoms with van der Waals surface area (Å²) in [6.45, 7) is 9.34. The Morgan fingerprint density at radius 1 is 1.05 bits per heavy atom. The molecule has 1 aliphatic carbocycles. The zero-order chi connectivity index (χ0) is 14.5. The maximum atomic E-state index is 3.85.